The van der Waals surface area contributed by atoms with E-state index in [0.717, 1.165) is 11.1 Å². The summed E-state index contributed by atoms with van der Waals surface area (Å²) in [6.07, 6.45) is 0.220. The molecule has 1 amide bonds. The normalized spacial score (nSPS) is 15.3. The van der Waals surface area contributed by atoms with Gasteiger partial charge in [0.15, 0.2) is 0 Å². The van der Waals surface area contributed by atoms with Crippen LogP contribution in [0.3, 0.4) is 0 Å². The van der Waals surface area contributed by atoms with Gasteiger partial charge in [0.05, 0.1) is 25.1 Å². The molecule has 0 radical (unpaired) electrons. The molecule has 2 rings (SSSR count). The molecule has 0 bridgehead atoms. The Morgan fingerprint density at radius 3 is 2.72 bits per heavy atom. The van der Waals surface area contributed by atoms with Crippen molar-refractivity contribution in [3.8, 4) is 0 Å². The Morgan fingerprint density at radius 1 is 1.33 bits per heavy atom. The minimum absolute atomic E-state index is 0.0677. The van der Waals surface area contributed by atoms with Gasteiger partial charge < -0.3 is 10.1 Å². The van der Waals surface area contributed by atoms with Crippen molar-refractivity contribution in [1.29, 1.82) is 0 Å². The predicted octanol–water partition coefficient (Wildman–Crippen LogP) is 1.52. The van der Waals surface area contributed by atoms with Crippen molar-refractivity contribution < 1.29 is 14.3 Å². The van der Waals surface area contributed by atoms with Crippen molar-refractivity contribution in [2.45, 2.75) is 13.3 Å². The van der Waals surface area contributed by atoms with Crippen LogP contribution >= 0.6 is 0 Å². The third kappa shape index (κ3) is 2.59. The van der Waals surface area contributed by atoms with Crippen LogP contribution < -0.4 is 5.32 Å². The molecule has 0 spiro atoms. The standard InChI is InChI=1S/C14H15NO3/c1-2-18-14(17)12-9-15-13(16)8-11(12)10-6-4-3-5-7-10/h3-7H,2,8-9H2,1H3,(H,15,16). The highest BCUT2D eigenvalue weighted by atomic mass is 16.5. The Morgan fingerprint density at radius 2 is 2.06 bits per heavy atom. The van der Waals surface area contributed by atoms with Gasteiger partial charge in [-0.25, -0.2) is 4.79 Å². The monoisotopic (exact) mass is 245 g/mol. The van der Waals surface area contributed by atoms with Crippen LogP contribution in [0.15, 0.2) is 35.9 Å². The van der Waals surface area contributed by atoms with Crippen LogP contribution in [0.5, 0.6) is 0 Å². The number of carbonyl (C=O) groups excluding carboxylic acids is 2. The molecule has 4 nitrogen and oxygen atoms in total. The van der Waals surface area contributed by atoms with Gasteiger partial charge in [0.2, 0.25) is 5.91 Å². The summed E-state index contributed by atoms with van der Waals surface area (Å²) in [6, 6.07) is 9.46. The number of hydrogen-bond donors (Lipinski definition) is 1. The molecule has 0 aliphatic carbocycles. The fourth-order valence-corrected chi connectivity index (χ4v) is 1.95. The number of ether oxygens (including phenoxy) is 1. The fourth-order valence-electron chi connectivity index (χ4n) is 1.95. The molecule has 1 aromatic rings. The zero-order valence-corrected chi connectivity index (χ0v) is 10.2. The van der Waals surface area contributed by atoms with Crippen LogP contribution in [0.1, 0.15) is 18.9 Å². The van der Waals surface area contributed by atoms with Crippen molar-refractivity contribution >= 4 is 17.4 Å². The van der Waals surface area contributed by atoms with Gasteiger partial charge in [0, 0.05) is 0 Å². The van der Waals surface area contributed by atoms with E-state index in [4.69, 9.17) is 4.74 Å². The highest BCUT2D eigenvalue weighted by Crippen LogP contribution is 2.25. The Balaban J connectivity index is 2.40. The Bertz CT molecular complexity index is 491. The van der Waals surface area contributed by atoms with Gasteiger partial charge in [-0.2, -0.15) is 0 Å². The van der Waals surface area contributed by atoms with E-state index in [1.165, 1.54) is 0 Å². The molecule has 94 valence electrons. The van der Waals surface area contributed by atoms with Gasteiger partial charge in [0.1, 0.15) is 0 Å². The molecular formula is C14H15NO3. The number of esters is 1. The molecule has 1 aliphatic heterocycles. The van der Waals surface area contributed by atoms with E-state index in [0.29, 0.717) is 12.2 Å². The molecule has 0 fully saturated rings. The first-order valence-corrected chi connectivity index (χ1v) is 5.93. The van der Waals surface area contributed by atoms with Crippen LogP contribution in [-0.4, -0.2) is 25.0 Å². The van der Waals surface area contributed by atoms with E-state index in [9.17, 15) is 9.59 Å². The van der Waals surface area contributed by atoms with Gasteiger partial charge >= 0.3 is 5.97 Å². The van der Waals surface area contributed by atoms with Crippen LogP contribution in [0.2, 0.25) is 0 Å². The molecule has 0 unspecified atom stereocenters. The second kappa shape index (κ2) is 5.49. The molecule has 1 aromatic carbocycles. The second-order valence-electron chi connectivity index (χ2n) is 4.00. The van der Waals surface area contributed by atoms with E-state index < -0.39 is 0 Å². The van der Waals surface area contributed by atoms with Crippen LogP contribution in [0.4, 0.5) is 0 Å². The molecule has 1 N–H and O–H groups in total. The van der Waals surface area contributed by atoms with Gasteiger partial charge in [-0.3, -0.25) is 4.79 Å². The third-order valence-electron chi connectivity index (χ3n) is 2.81. The summed E-state index contributed by atoms with van der Waals surface area (Å²) >= 11 is 0. The first kappa shape index (κ1) is 12.4. The average molecular weight is 245 g/mol. The maximum atomic E-state index is 11.9. The summed E-state index contributed by atoms with van der Waals surface area (Å²) in [4.78, 5) is 23.3. The predicted molar refractivity (Wildman–Crippen MR) is 67.6 cm³/mol. The molecule has 4 heteroatoms. The molecule has 0 saturated heterocycles. The largest absolute Gasteiger partial charge is 0.463 e. The smallest absolute Gasteiger partial charge is 0.336 e. The number of amides is 1. The molecule has 0 atom stereocenters. The lowest BCUT2D eigenvalue weighted by atomic mass is 9.94. The number of nitrogens with one attached hydrogen (secondary N) is 1. The minimum atomic E-state index is -0.351. The topological polar surface area (TPSA) is 55.4 Å². The second-order valence-corrected chi connectivity index (χ2v) is 4.00. The van der Waals surface area contributed by atoms with Crippen molar-refractivity contribution in [2.24, 2.45) is 0 Å². The quantitative estimate of drug-likeness (QED) is 0.821. The molecule has 0 aromatic heterocycles. The molecule has 18 heavy (non-hydrogen) atoms. The third-order valence-corrected chi connectivity index (χ3v) is 2.81. The van der Waals surface area contributed by atoms with Gasteiger partial charge in [0.25, 0.3) is 0 Å². The number of carbonyl (C=O) groups is 2. The summed E-state index contributed by atoms with van der Waals surface area (Å²) in [6.45, 7) is 2.34. The van der Waals surface area contributed by atoms with Crippen LogP contribution in [0, 0.1) is 0 Å². The SMILES string of the molecule is CCOC(=O)C1=C(c2ccccc2)CC(=O)NC1. The maximum absolute atomic E-state index is 11.9. The first-order valence-electron chi connectivity index (χ1n) is 5.93. The van der Waals surface area contributed by atoms with Crippen molar-refractivity contribution in [3.05, 3.63) is 41.5 Å². The highest BCUT2D eigenvalue weighted by molar-refractivity contribution is 6.04. The lowest BCUT2D eigenvalue weighted by Crippen LogP contribution is -2.33. The fraction of sp³-hybridized carbons (Fsp3) is 0.286. The summed E-state index contributed by atoms with van der Waals surface area (Å²) < 4.78 is 5.02. The maximum Gasteiger partial charge on any atom is 0.336 e. The summed E-state index contributed by atoms with van der Waals surface area (Å²) in [5.41, 5.74) is 2.20. The van der Waals surface area contributed by atoms with Crippen molar-refractivity contribution in [3.63, 3.8) is 0 Å². The Hall–Kier alpha value is -2.10. The van der Waals surface area contributed by atoms with E-state index >= 15 is 0 Å². The highest BCUT2D eigenvalue weighted by Gasteiger charge is 2.24. The molecule has 1 heterocycles. The Labute approximate surface area is 106 Å². The zero-order chi connectivity index (χ0) is 13.0. The molecule has 1 aliphatic rings. The Kier molecular flexibility index (Phi) is 3.77. The van der Waals surface area contributed by atoms with Gasteiger partial charge in [-0.15, -0.1) is 0 Å². The van der Waals surface area contributed by atoms with Gasteiger partial charge in [-0.1, -0.05) is 30.3 Å². The van der Waals surface area contributed by atoms with E-state index in [1.807, 2.05) is 30.3 Å². The molecule has 0 saturated carbocycles. The summed E-state index contributed by atoms with van der Waals surface area (Å²) in [7, 11) is 0. The summed E-state index contributed by atoms with van der Waals surface area (Å²) in [5.74, 6) is -0.418. The number of benzene rings is 1. The minimum Gasteiger partial charge on any atom is -0.463 e. The lowest BCUT2D eigenvalue weighted by Gasteiger charge is -2.20. The number of hydrogen-bond acceptors (Lipinski definition) is 3. The summed E-state index contributed by atoms with van der Waals surface area (Å²) in [5, 5.41) is 2.67. The van der Waals surface area contributed by atoms with Crippen LogP contribution in [-0.2, 0) is 14.3 Å². The van der Waals surface area contributed by atoms with Gasteiger partial charge in [-0.05, 0) is 18.1 Å². The van der Waals surface area contributed by atoms with E-state index in [1.54, 1.807) is 6.92 Å². The van der Waals surface area contributed by atoms with Crippen molar-refractivity contribution in [1.82, 2.24) is 5.32 Å². The lowest BCUT2D eigenvalue weighted by molar-refractivity contribution is -0.138. The molecular weight excluding hydrogens is 230 g/mol. The van der Waals surface area contributed by atoms with Crippen molar-refractivity contribution in [2.75, 3.05) is 13.2 Å². The van der Waals surface area contributed by atoms with E-state index in [-0.39, 0.29) is 24.8 Å². The average Bonchev–Trinajstić information content (AvgIpc) is 2.40. The zero-order valence-electron chi connectivity index (χ0n) is 10.2. The number of rotatable bonds is 3. The van der Waals surface area contributed by atoms with Crippen LogP contribution in [0.25, 0.3) is 5.57 Å². The first-order chi connectivity index (χ1) is 8.72. The van der Waals surface area contributed by atoms with E-state index in [2.05, 4.69) is 5.32 Å².